The predicted octanol–water partition coefficient (Wildman–Crippen LogP) is 2.07. The number of alkyl carbamates (subject to hydrolysis) is 1. The number of nitrogens with one attached hydrogen (secondary N) is 1. The number of hydrogen-bond donors (Lipinski definition) is 1. The van der Waals surface area contributed by atoms with Crippen molar-refractivity contribution < 1.29 is 38.0 Å². The Morgan fingerprint density at radius 3 is 2.41 bits per heavy atom. The first-order chi connectivity index (χ1) is 13.5. The zero-order valence-electron chi connectivity index (χ0n) is 18.2. The van der Waals surface area contributed by atoms with Crippen molar-refractivity contribution in [1.82, 2.24) is 5.32 Å². The standard InChI is InChI=1S/C19H33NO8S/c1-18(2,3)28-17(22)20-11(15(21)23-6)8-9-29-10-12-13-14(16(24-7)25-12)27-19(4,5)26-13/h11-14,16H,8-10H2,1-7H3,(H,20,22)/t11?,12?,13-,14-,16-/m1/s1. The molecule has 168 valence electrons. The van der Waals surface area contributed by atoms with Gasteiger partial charge in [-0.2, -0.15) is 11.8 Å². The second-order valence-corrected chi connectivity index (χ2v) is 9.58. The summed E-state index contributed by atoms with van der Waals surface area (Å²) in [6, 6.07) is -0.781. The summed E-state index contributed by atoms with van der Waals surface area (Å²) in [6.45, 7) is 9.01. The van der Waals surface area contributed by atoms with E-state index in [0.717, 1.165) is 0 Å². The summed E-state index contributed by atoms with van der Waals surface area (Å²) in [4.78, 5) is 24.0. The molecule has 0 radical (unpaired) electrons. The van der Waals surface area contributed by atoms with E-state index >= 15 is 0 Å². The van der Waals surface area contributed by atoms with E-state index in [1.807, 2.05) is 13.8 Å². The lowest BCUT2D eigenvalue weighted by Gasteiger charge is -2.24. The Hall–Kier alpha value is -1.07. The van der Waals surface area contributed by atoms with Crippen LogP contribution in [0.2, 0.25) is 0 Å². The van der Waals surface area contributed by atoms with E-state index in [-0.39, 0.29) is 18.3 Å². The molecule has 0 aromatic rings. The fourth-order valence-electron chi connectivity index (χ4n) is 3.21. The highest BCUT2D eigenvalue weighted by atomic mass is 32.2. The molecule has 1 N–H and O–H groups in total. The molecule has 5 atom stereocenters. The Balaban J connectivity index is 1.82. The summed E-state index contributed by atoms with van der Waals surface area (Å²) in [6.07, 6.45) is -1.39. The van der Waals surface area contributed by atoms with Crippen LogP contribution < -0.4 is 5.32 Å². The lowest BCUT2D eigenvalue weighted by atomic mass is 10.2. The summed E-state index contributed by atoms with van der Waals surface area (Å²) in [5.41, 5.74) is -0.648. The number of amides is 1. The van der Waals surface area contributed by atoms with Crippen LogP contribution in [0.25, 0.3) is 0 Å². The molecule has 29 heavy (non-hydrogen) atoms. The third kappa shape index (κ3) is 6.99. The normalized spacial score (nSPS) is 29.2. The Labute approximate surface area is 176 Å². The largest absolute Gasteiger partial charge is 0.467 e. The zero-order chi connectivity index (χ0) is 21.8. The maximum absolute atomic E-state index is 12.0. The lowest BCUT2D eigenvalue weighted by Crippen LogP contribution is -2.44. The first-order valence-electron chi connectivity index (χ1n) is 9.65. The molecule has 0 spiro atoms. The van der Waals surface area contributed by atoms with Gasteiger partial charge in [-0.05, 0) is 46.8 Å². The molecule has 10 heteroatoms. The van der Waals surface area contributed by atoms with Crippen LogP contribution in [0.15, 0.2) is 0 Å². The Kier molecular flexibility index (Phi) is 8.20. The molecule has 2 heterocycles. The van der Waals surface area contributed by atoms with Gasteiger partial charge in [-0.1, -0.05) is 0 Å². The number of thioether (sulfide) groups is 1. The Bertz CT molecular complexity index is 579. The number of esters is 1. The Morgan fingerprint density at radius 2 is 1.83 bits per heavy atom. The van der Waals surface area contributed by atoms with E-state index in [2.05, 4.69) is 5.32 Å². The minimum atomic E-state index is -0.781. The van der Waals surface area contributed by atoms with Crippen molar-refractivity contribution in [3.8, 4) is 0 Å². The SMILES string of the molecule is COC(=O)C(CCSCC1O[C@@H](OC)[C@@H]2OC(C)(C)O[C@H]12)NC(=O)OC(C)(C)C. The fraction of sp³-hybridized carbons (Fsp3) is 0.895. The van der Waals surface area contributed by atoms with Gasteiger partial charge in [0.05, 0.1) is 13.2 Å². The summed E-state index contributed by atoms with van der Waals surface area (Å²) >= 11 is 1.59. The molecule has 2 saturated heterocycles. The smallest absolute Gasteiger partial charge is 0.408 e. The minimum Gasteiger partial charge on any atom is -0.467 e. The van der Waals surface area contributed by atoms with Crippen LogP contribution in [-0.4, -0.2) is 79.8 Å². The van der Waals surface area contributed by atoms with Crippen LogP contribution in [0.4, 0.5) is 4.79 Å². The molecule has 9 nitrogen and oxygen atoms in total. The number of fused-ring (bicyclic) bond motifs is 1. The number of rotatable bonds is 8. The first kappa shape index (κ1) is 24.2. The molecule has 2 aliphatic heterocycles. The Morgan fingerprint density at radius 1 is 1.17 bits per heavy atom. The molecule has 2 unspecified atom stereocenters. The van der Waals surface area contributed by atoms with Gasteiger partial charge >= 0.3 is 12.1 Å². The average molecular weight is 436 g/mol. The van der Waals surface area contributed by atoms with Gasteiger partial charge in [0.15, 0.2) is 12.1 Å². The highest BCUT2D eigenvalue weighted by Crippen LogP contribution is 2.39. The van der Waals surface area contributed by atoms with Crippen LogP contribution in [-0.2, 0) is 33.2 Å². The summed E-state index contributed by atoms with van der Waals surface area (Å²) in [5.74, 6) is 0.0594. The maximum atomic E-state index is 12.0. The molecule has 2 fully saturated rings. The van der Waals surface area contributed by atoms with Crippen molar-refractivity contribution >= 4 is 23.8 Å². The molecule has 2 rings (SSSR count). The van der Waals surface area contributed by atoms with Gasteiger partial charge in [0.2, 0.25) is 0 Å². The van der Waals surface area contributed by atoms with Crippen LogP contribution in [0.1, 0.15) is 41.0 Å². The number of hydrogen-bond acceptors (Lipinski definition) is 9. The summed E-state index contributed by atoms with van der Waals surface area (Å²) in [5, 5.41) is 2.57. The quantitative estimate of drug-likeness (QED) is 0.453. The third-order valence-corrected chi connectivity index (χ3v) is 5.44. The number of carbonyl (C=O) groups is 2. The van der Waals surface area contributed by atoms with Gasteiger partial charge < -0.3 is 33.7 Å². The molecule has 2 aliphatic rings. The van der Waals surface area contributed by atoms with Gasteiger partial charge in [-0.15, -0.1) is 0 Å². The molecule has 0 saturated carbocycles. The predicted molar refractivity (Wildman–Crippen MR) is 107 cm³/mol. The van der Waals surface area contributed by atoms with E-state index in [1.165, 1.54) is 7.11 Å². The zero-order valence-corrected chi connectivity index (χ0v) is 19.0. The maximum Gasteiger partial charge on any atom is 0.408 e. The molecule has 0 bridgehead atoms. The van der Waals surface area contributed by atoms with E-state index < -0.39 is 35.8 Å². The molecule has 0 aliphatic carbocycles. The van der Waals surface area contributed by atoms with Crippen LogP contribution in [0, 0.1) is 0 Å². The van der Waals surface area contributed by atoms with E-state index in [9.17, 15) is 9.59 Å². The van der Waals surface area contributed by atoms with Crippen LogP contribution in [0.3, 0.4) is 0 Å². The van der Waals surface area contributed by atoms with Crippen molar-refractivity contribution in [1.29, 1.82) is 0 Å². The van der Waals surface area contributed by atoms with E-state index in [4.69, 9.17) is 28.4 Å². The number of carbonyl (C=O) groups excluding carboxylic acids is 2. The van der Waals surface area contributed by atoms with Crippen molar-refractivity contribution in [2.75, 3.05) is 25.7 Å². The fourth-order valence-corrected chi connectivity index (χ4v) is 4.28. The van der Waals surface area contributed by atoms with Crippen LogP contribution in [0.5, 0.6) is 0 Å². The molecule has 1 amide bonds. The van der Waals surface area contributed by atoms with Gasteiger partial charge in [-0.25, -0.2) is 9.59 Å². The average Bonchev–Trinajstić information content (AvgIpc) is 3.08. The van der Waals surface area contributed by atoms with Crippen molar-refractivity contribution in [2.45, 2.75) is 83.1 Å². The second-order valence-electron chi connectivity index (χ2n) is 8.43. The molecular weight excluding hydrogens is 402 g/mol. The molecular formula is C19H33NO8S. The third-order valence-electron chi connectivity index (χ3n) is 4.35. The lowest BCUT2D eigenvalue weighted by molar-refractivity contribution is -0.224. The van der Waals surface area contributed by atoms with Crippen molar-refractivity contribution in [3.63, 3.8) is 0 Å². The highest BCUT2D eigenvalue weighted by Gasteiger charge is 2.55. The number of ether oxygens (including phenoxy) is 6. The first-order valence-corrected chi connectivity index (χ1v) is 10.8. The molecule has 0 aromatic heterocycles. The topological polar surface area (TPSA) is 102 Å². The molecule has 0 aromatic carbocycles. The van der Waals surface area contributed by atoms with E-state index in [0.29, 0.717) is 17.9 Å². The second kappa shape index (κ2) is 9.82. The van der Waals surface area contributed by atoms with Crippen molar-refractivity contribution in [2.24, 2.45) is 0 Å². The van der Waals surface area contributed by atoms with Crippen molar-refractivity contribution in [3.05, 3.63) is 0 Å². The van der Waals surface area contributed by atoms with Gasteiger partial charge in [0, 0.05) is 12.9 Å². The van der Waals surface area contributed by atoms with E-state index in [1.54, 1.807) is 39.6 Å². The summed E-state index contributed by atoms with van der Waals surface area (Å²) < 4.78 is 33.1. The minimum absolute atomic E-state index is 0.188. The monoisotopic (exact) mass is 435 g/mol. The highest BCUT2D eigenvalue weighted by molar-refractivity contribution is 7.99. The summed E-state index contributed by atoms with van der Waals surface area (Å²) in [7, 11) is 2.87. The van der Waals surface area contributed by atoms with Crippen LogP contribution >= 0.6 is 11.8 Å². The van der Waals surface area contributed by atoms with Gasteiger partial charge in [-0.3, -0.25) is 0 Å². The number of methoxy groups -OCH3 is 2. The van der Waals surface area contributed by atoms with Gasteiger partial charge in [0.25, 0.3) is 0 Å². The van der Waals surface area contributed by atoms with Gasteiger partial charge in [0.1, 0.15) is 23.9 Å².